The highest BCUT2D eigenvalue weighted by Gasteiger charge is 2.11. The summed E-state index contributed by atoms with van der Waals surface area (Å²) in [6.07, 6.45) is 3.76. The summed E-state index contributed by atoms with van der Waals surface area (Å²) in [6.45, 7) is 3.15. The van der Waals surface area contributed by atoms with Crippen LogP contribution in [-0.4, -0.2) is 48.9 Å². The number of benzene rings is 1. The summed E-state index contributed by atoms with van der Waals surface area (Å²) >= 11 is 0. The van der Waals surface area contributed by atoms with Crippen LogP contribution in [0.2, 0.25) is 0 Å². The van der Waals surface area contributed by atoms with Gasteiger partial charge in [0.1, 0.15) is 12.4 Å². The van der Waals surface area contributed by atoms with Crippen LogP contribution in [0.5, 0.6) is 0 Å². The Labute approximate surface area is 157 Å². The van der Waals surface area contributed by atoms with Crippen LogP contribution < -0.4 is 10.6 Å². The minimum absolute atomic E-state index is 0.0505. The van der Waals surface area contributed by atoms with E-state index in [-0.39, 0.29) is 5.69 Å². The van der Waals surface area contributed by atoms with Gasteiger partial charge in [-0.2, -0.15) is 5.10 Å². The summed E-state index contributed by atoms with van der Waals surface area (Å²) in [7, 11) is -1.60. The molecule has 0 saturated carbocycles. The lowest BCUT2D eigenvalue weighted by Crippen LogP contribution is -2.38. The molecule has 0 aliphatic carbocycles. The van der Waals surface area contributed by atoms with Crippen molar-refractivity contribution in [2.24, 2.45) is 4.99 Å². The molecular formula is C16H22N6O4S. The first kappa shape index (κ1) is 20.4. The molecule has 27 heavy (non-hydrogen) atoms. The second kappa shape index (κ2) is 8.62. The number of aliphatic imine (C=N–C) groups is 1. The van der Waals surface area contributed by atoms with Gasteiger partial charge in [0, 0.05) is 26.4 Å². The number of aromatic nitrogens is 2. The maximum Gasteiger partial charge on any atom is 0.306 e. The van der Waals surface area contributed by atoms with Crippen LogP contribution in [0.15, 0.2) is 40.5 Å². The van der Waals surface area contributed by atoms with Crippen molar-refractivity contribution in [2.75, 3.05) is 19.8 Å². The van der Waals surface area contributed by atoms with E-state index in [0.29, 0.717) is 36.1 Å². The van der Waals surface area contributed by atoms with E-state index in [4.69, 9.17) is 0 Å². The summed E-state index contributed by atoms with van der Waals surface area (Å²) in [6, 6.07) is 5.18. The molecule has 1 heterocycles. The van der Waals surface area contributed by atoms with Gasteiger partial charge in [0.2, 0.25) is 0 Å². The first-order valence-corrected chi connectivity index (χ1v) is 10.0. The van der Waals surface area contributed by atoms with E-state index in [1.165, 1.54) is 23.3 Å². The maximum atomic E-state index is 11.7. The highest BCUT2D eigenvalue weighted by molar-refractivity contribution is 7.90. The minimum atomic E-state index is -3.24. The Bertz CT molecular complexity index is 952. The highest BCUT2D eigenvalue weighted by Crippen LogP contribution is 2.16. The number of nitrogens with zero attached hydrogens (tertiary/aromatic N) is 4. The molecule has 0 fully saturated rings. The van der Waals surface area contributed by atoms with Crippen LogP contribution in [0.4, 0.5) is 5.69 Å². The lowest BCUT2D eigenvalue weighted by Gasteiger charge is -2.13. The monoisotopic (exact) mass is 394 g/mol. The first-order chi connectivity index (χ1) is 12.7. The van der Waals surface area contributed by atoms with Gasteiger partial charge in [-0.25, -0.2) is 8.42 Å². The molecule has 0 bridgehead atoms. The third-order valence-corrected chi connectivity index (χ3v) is 5.04. The van der Waals surface area contributed by atoms with Crippen LogP contribution in [0.25, 0.3) is 0 Å². The zero-order valence-electron chi connectivity index (χ0n) is 15.3. The molecule has 146 valence electrons. The molecule has 0 unspecified atom stereocenters. The van der Waals surface area contributed by atoms with Gasteiger partial charge in [-0.15, -0.1) is 0 Å². The van der Waals surface area contributed by atoms with Gasteiger partial charge in [-0.05, 0) is 24.1 Å². The van der Waals surface area contributed by atoms with E-state index in [0.717, 1.165) is 5.56 Å². The molecule has 0 saturated heterocycles. The van der Waals surface area contributed by atoms with Crippen LogP contribution in [0.3, 0.4) is 0 Å². The first-order valence-electron chi connectivity index (χ1n) is 8.11. The molecule has 0 spiro atoms. The molecule has 0 atom stereocenters. The SMILES string of the molecule is CN=C(NCCn1cc([N+](=O)[O-])cn1)NCc1ccc(S(C)(=O)=O)c(C)c1. The van der Waals surface area contributed by atoms with Crippen LogP contribution >= 0.6 is 0 Å². The van der Waals surface area contributed by atoms with Crippen molar-refractivity contribution < 1.29 is 13.3 Å². The Hall–Kier alpha value is -2.95. The Morgan fingerprint density at radius 3 is 2.67 bits per heavy atom. The van der Waals surface area contributed by atoms with Crippen molar-refractivity contribution in [3.8, 4) is 0 Å². The molecule has 0 aliphatic rings. The number of hydrogen-bond donors (Lipinski definition) is 2. The number of aryl methyl sites for hydroxylation is 1. The standard InChI is InChI=1S/C16H22N6O4S/c1-12-8-13(4-5-15(12)27(3,25)26)9-19-16(17-2)18-6-7-21-11-14(10-20-21)22(23)24/h4-5,8,10-11H,6-7,9H2,1-3H3,(H2,17,18,19). The van der Waals surface area contributed by atoms with E-state index in [1.54, 1.807) is 26.1 Å². The summed E-state index contributed by atoms with van der Waals surface area (Å²) in [4.78, 5) is 14.6. The molecular weight excluding hydrogens is 372 g/mol. The average molecular weight is 394 g/mol. The zero-order valence-corrected chi connectivity index (χ0v) is 16.2. The molecule has 0 amide bonds. The Morgan fingerprint density at radius 1 is 1.37 bits per heavy atom. The number of rotatable bonds is 7. The van der Waals surface area contributed by atoms with E-state index < -0.39 is 14.8 Å². The van der Waals surface area contributed by atoms with Crippen molar-refractivity contribution in [3.05, 3.63) is 51.8 Å². The number of guanidine groups is 1. The molecule has 0 radical (unpaired) electrons. The molecule has 11 heteroatoms. The van der Waals surface area contributed by atoms with Crippen molar-refractivity contribution in [2.45, 2.75) is 24.9 Å². The minimum Gasteiger partial charge on any atom is -0.355 e. The third kappa shape index (κ3) is 5.78. The third-order valence-electron chi connectivity index (χ3n) is 3.79. The van der Waals surface area contributed by atoms with Crippen molar-refractivity contribution >= 4 is 21.5 Å². The van der Waals surface area contributed by atoms with Crippen LogP contribution in [0.1, 0.15) is 11.1 Å². The van der Waals surface area contributed by atoms with Gasteiger partial charge in [0.25, 0.3) is 0 Å². The van der Waals surface area contributed by atoms with Gasteiger partial charge in [-0.3, -0.25) is 19.8 Å². The fourth-order valence-electron chi connectivity index (χ4n) is 2.50. The summed E-state index contributed by atoms with van der Waals surface area (Å²) < 4.78 is 24.8. The lowest BCUT2D eigenvalue weighted by atomic mass is 10.1. The second-order valence-electron chi connectivity index (χ2n) is 5.94. The fourth-order valence-corrected chi connectivity index (χ4v) is 3.46. The smallest absolute Gasteiger partial charge is 0.306 e. The molecule has 1 aromatic carbocycles. The maximum absolute atomic E-state index is 11.7. The molecule has 2 aromatic rings. The van der Waals surface area contributed by atoms with Gasteiger partial charge in [0.15, 0.2) is 15.8 Å². The predicted octanol–water partition coefficient (Wildman–Crippen LogP) is 0.868. The molecule has 1 aromatic heterocycles. The number of nitrogens with one attached hydrogen (secondary N) is 2. The quantitative estimate of drug-likeness (QED) is 0.308. The summed E-state index contributed by atoms with van der Waals surface area (Å²) in [5.74, 6) is 0.557. The number of hydrogen-bond acceptors (Lipinski definition) is 6. The van der Waals surface area contributed by atoms with Gasteiger partial charge >= 0.3 is 5.69 Å². The van der Waals surface area contributed by atoms with Crippen molar-refractivity contribution in [1.82, 2.24) is 20.4 Å². The van der Waals surface area contributed by atoms with E-state index in [2.05, 4.69) is 20.7 Å². The van der Waals surface area contributed by atoms with Gasteiger partial charge < -0.3 is 10.6 Å². The molecule has 0 aliphatic heterocycles. The Balaban J connectivity index is 1.86. The topological polar surface area (TPSA) is 132 Å². The molecule has 2 rings (SSSR count). The lowest BCUT2D eigenvalue weighted by molar-refractivity contribution is -0.385. The normalized spacial score (nSPS) is 12.0. The largest absolute Gasteiger partial charge is 0.355 e. The van der Waals surface area contributed by atoms with Gasteiger partial charge in [-0.1, -0.05) is 12.1 Å². The predicted molar refractivity (Wildman–Crippen MR) is 101 cm³/mol. The van der Waals surface area contributed by atoms with Crippen molar-refractivity contribution in [1.29, 1.82) is 0 Å². The molecule has 2 N–H and O–H groups in total. The molecule has 10 nitrogen and oxygen atoms in total. The van der Waals surface area contributed by atoms with Crippen LogP contribution in [0, 0.1) is 17.0 Å². The van der Waals surface area contributed by atoms with E-state index in [9.17, 15) is 18.5 Å². The zero-order chi connectivity index (χ0) is 20.0. The summed E-state index contributed by atoms with van der Waals surface area (Å²) in [5, 5.41) is 20.8. The summed E-state index contributed by atoms with van der Waals surface area (Å²) in [5.41, 5.74) is 1.57. The van der Waals surface area contributed by atoms with Gasteiger partial charge in [0.05, 0.1) is 16.4 Å². The average Bonchev–Trinajstić information content (AvgIpc) is 3.06. The van der Waals surface area contributed by atoms with Crippen LogP contribution in [-0.2, 0) is 22.9 Å². The Kier molecular flexibility index (Phi) is 6.50. The van der Waals surface area contributed by atoms with E-state index >= 15 is 0 Å². The Morgan fingerprint density at radius 2 is 2.11 bits per heavy atom. The van der Waals surface area contributed by atoms with E-state index in [1.807, 2.05) is 6.07 Å². The highest BCUT2D eigenvalue weighted by atomic mass is 32.2. The second-order valence-corrected chi connectivity index (χ2v) is 7.93. The number of nitro groups is 1. The fraction of sp³-hybridized carbons (Fsp3) is 0.375. The van der Waals surface area contributed by atoms with Crippen molar-refractivity contribution in [3.63, 3.8) is 0 Å². The number of sulfone groups is 1.